The summed E-state index contributed by atoms with van der Waals surface area (Å²) in [5.41, 5.74) is 4.41. The molecule has 1 amide bonds. The number of benzene rings is 2. The van der Waals surface area contributed by atoms with Crippen molar-refractivity contribution in [3.8, 4) is 11.3 Å². The van der Waals surface area contributed by atoms with E-state index in [2.05, 4.69) is 15.4 Å². The van der Waals surface area contributed by atoms with E-state index in [1.807, 2.05) is 79.3 Å². The standard InChI is InChI=1S/C21H21N5O/c1-15-18(19(25(2)24-15)16-9-5-3-6-10-16)23-21-22-13-14-26(21)20(27)17-11-7-4-8-12-17/h3-12H,13-14H2,1-2H3,(H,22,23). The van der Waals surface area contributed by atoms with Gasteiger partial charge in [0, 0.05) is 24.7 Å². The molecular weight excluding hydrogens is 338 g/mol. The Hall–Kier alpha value is -3.41. The van der Waals surface area contributed by atoms with Crippen LogP contribution in [0.4, 0.5) is 5.69 Å². The third-order valence-corrected chi connectivity index (χ3v) is 4.61. The van der Waals surface area contributed by atoms with Gasteiger partial charge in [0.25, 0.3) is 5.91 Å². The van der Waals surface area contributed by atoms with Crippen LogP contribution in [0.5, 0.6) is 0 Å². The minimum absolute atomic E-state index is 0.0536. The molecule has 1 N–H and O–H groups in total. The summed E-state index contributed by atoms with van der Waals surface area (Å²) >= 11 is 0. The fourth-order valence-corrected chi connectivity index (χ4v) is 3.34. The molecule has 0 unspecified atom stereocenters. The molecule has 0 fully saturated rings. The number of carbonyl (C=O) groups is 1. The number of rotatable bonds is 3. The number of anilines is 1. The zero-order chi connectivity index (χ0) is 18.8. The Morgan fingerprint density at radius 1 is 1.04 bits per heavy atom. The molecule has 0 radical (unpaired) electrons. The number of carbonyl (C=O) groups excluding carboxylic acids is 1. The highest BCUT2D eigenvalue weighted by atomic mass is 16.2. The summed E-state index contributed by atoms with van der Waals surface area (Å²) < 4.78 is 1.85. The van der Waals surface area contributed by atoms with Gasteiger partial charge in [0.05, 0.1) is 23.6 Å². The maximum Gasteiger partial charge on any atom is 0.260 e. The molecule has 2 heterocycles. The van der Waals surface area contributed by atoms with E-state index in [0.29, 0.717) is 24.6 Å². The van der Waals surface area contributed by atoms with E-state index < -0.39 is 0 Å². The number of hydrogen-bond donors (Lipinski definition) is 1. The van der Waals surface area contributed by atoms with E-state index in [4.69, 9.17) is 0 Å². The Balaban J connectivity index is 1.66. The van der Waals surface area contributed by atoms with Gasteiger partial charge in [-0.2, -0.15) is 5.10 Å². The number of aromatic nitrogens is 2. The molecule has 4 rings (SSSR count). The highest BCUT2D eigenvalue weighted by molar-refractivity contribution is 6.11. The number of aliphatic imine (C=N–C) groups is 1. The second kappa shape index (κ2) is 7.07. The van der Waals surface area contributed by atoms with Crippen LogP contribution in [0.25, 0.3) is 11.3 Å². The third kappa shape index (κ3) is 3.21. The number of guanidine groups is 1. The van der Waals surface area contributed by atoms with Gasteiger partial charge in [-0.05, 0) is 19.1 Å². The van der Waals surface area contributed by atoms with Crippen molar-refractivity contribution >= 4 is 17.6 Å². The lowest BCUT2D eigenvalue weighted by molar-refractivity contribution is 0.0858. The van der Waals surface area contributed by atoms with Gasteiger partial charge in [0.2, 0.25) is 5.96 Å². The van der Waals surface area contributed by atoms with Crippen LogP contribution < -0.4 is 5.32 Å². The Bertz CT molecular complexity index is 992. The number of amides is 1. The number of hydrogen-bond acceptors (Lipinski definition) is 4. The van der Waals surface area contributed by atoms with Crippen molar-refractivity contribution in [2.75, 3.05) is 18.4 Å². The van der Waals surface area contributed by atoms with Crippen LogP contribution in [-0.2, 0) is 7.05 Å². The zero-order valence-corrected chi connectivity index (χ0v) is 15.4. The van der Waals surface area contributed by atoms with Crippen molar-refractivity contribution in [3.63, 3.8) is 0 Å². The SMILES string of the molecule is Cc1nn(C)c(-c2ccccc2)c1NC1=NCCN1C(=O)c1ccccc1. The highest BCUT2D eigenvalue weighted by Gasteiger charge is 2.27. The van der Waals surface area contributed by atoms with Gasteiger partial charge in [-0.3, -0.25) is 19.4 Å². The fourth-order valence-electron chi connectivity index (χ4n) is 3.34. The molecule has 3 aromatic rings. The maximum atomic E-state index is 12.9. The van der Waals surface area contributed by atoms with Crippen LogP contribution in [0.3, 0.4) is 0 Å². The van der Waals surface area contributed by atoms with Crippen LogP contribution in [-0.4, -0.2) is 39.6 Å². The fraction of sp³-hybridized carbons (Fsp3) is 0.190. The summed E-state index contributed by atoms with van der Waals surface area (Å²) in [5, 5.41) is 7.92. The predicted molar refractivity (Wildman–Crippen MR) is 107 cm³/mol. The lowest BCUT2D eigenvalue weighted by Gasteiger charge is -2.20. The molecule has 27 heavy (non-hydrogen) atoms. The monoisotopic (exact) mass is 359 g/mol. The average molecular weight is 359 g/mol. The third-order valence-electron chi connectivity index (χ3n) is 4.61. The lowest BCUT2D eigenvalue weighted by atomic mass is 10.1. The second-order valence-electron chi connectivity index (χ2n) is 6.45. The molecular formula is C21H21N5O. The van der Waals surface area contributed by atoms with E-state index in [9.17, 15) is 4.79 Å². The molecule has 1 aromatic heterocycles. The molecule has 0 aliphatic carbocycles. The van der Waals surface area contributed by atoms with Crippen LogP contribution in [0.2, 0.25) is 0 Å². The summed E-state index contributed by atoms with van der Waals surface area (Å²) in [6.07, 6.45) is 0. The van der Waals surface area contributed by atoms with E-state index in [-0.39, 0.29) is 5.91 Å². The molecule has 6 heteroatoms. The van der Waals surface area contributed by atoms with Gasteiger partial charge >= 0.3 is 0 Å². The van der Waals surface area contributed by atoms with Gasteiger partial charge in [-0.25, -0.2) is 0 Å². The second-order valence-corrected chi connectivity index (χ2v) is 6.45. The summed E-state index contributed by atoms with van der Waals surface area (Å²) in [6.45, 7) is 3.10. The smallest absolute Gasteiger partial charge is 0.260 e. The van der Waals surface area contributed by atoms with Crippen LogP contribution >= 0.6 is 0 Å². The van der Waals surface area contributed by atoms with Crippen molar-refractivity contribution < 1.29 is 4.79 Å². The summed E-state index contributed by atoms with van der Waals surface area (Å²) in [7, 11) is 1.92. The molecule has 1 aliphatic heterocycles. The number of nitrogens with zero attached hydrogens (tertiary/aromatic N) is 4. The predicted octanol–water partition coefficient (Wildman–Crippen LogP) is 3.32. The molecule has 136 valence electrons. The van der Waals surface area contributed by atoms with E-state index in [1.54, 1.807) is 4.90 Å². The Morgan fingerprint density at radius 3 is 2.41 bits per heavy atom. The molecule has 2 aromatic carbocycles. The average Bonchev–Trinajstić information content (AvgIpc) is 3.27. The Morgan fingerprint density at radius 2 is 1.70 bits per heavy atom. The Kier molecular flexibility index (Phi) is 4.46. The zero-order valence-electron chi connectivity index (χ0n) is 15.4. The minimum atomic E-state index is -0.0536. The first-order valence-electron chi connectivity index (χ1n) is 8.92. The van der Waals surface area contributed by atoms with E-state index >= 15 is 0 Å². The topological polar surface area (TPSA) is 62.5 Å². The molecule has 0 atom stereocenters. The van der Waals surface area contributed by atoms with Gasteiger partial charge < -0.3 is 5.32 Å². The maximum absolute atomic E-state index is 12.9. The summed E-state index contributed by atoms with van der Waals surface area (Å²) in [4.78, 5) is 19.1. The summed E-state index contributed by atoms with van der Waals surface area (Å²) in [5.74, 6) is 0.513. The molecule has 6 nitrogen and oxygen atoms in total. The van der Waals surface area contributed by atoms with Gasteiger partial charge in [0.15, 0.2) is 0 Å². The van der Waals surface area contributed by atoms with Crippen LogP contribution in [0, 0.1) is 6.92 Å². The normalized spacial score (nSPS) is 13.6. The van der Waals surface area contributed by atoms with Crippen molar-refractivity contribution in [1.29, 1.82) is 0 Å². The highest BCUT2D eigenvalue weighted by Crippen LogP contribution is 2.31. The Labute approximate surface area is 158 Å². The first-order valence-corrected chi connectivity index (χ1v) is 8.92. The van der Waals surface area contributed by atoms with Crippen molar-refractivity contribution in [2.24, 2.45) is 12.0 Å². The van der Waals surface area contributed by atoms with Crippen molar-refractivity contribution in [1.82, 2.24) is 14.7 Å². The van der Waals surface area contributed by atoms with E-state index in [1.165, 1.54) is 0 Å². The molecule has 1 aliphatic rings. The van der Waals surface area contributed by atoms with Crippen LogP contribution in [0.1, 0.15) is 16.1 Å². The molecule has 0 saturated heterocycles. The van der Waals surface area contributed by atoms with Gasteiger partial charge in [0.1, 0.15) is 0 Å². The largest absolute Gasteiger partial charge is 0.322 e. The molecule has 0 bridgehead atoms. The first kappa shape index (κ1) is 17.0. The van der Waals surface area contributed by atoms with Crippen molar-refractivity contribution in [2.45, 2.75) is 6.92 Å². The lowest BCUT2D eigenvalue weighted by Crippen LogP contribution is -2.38. The van der Waals surface area contributed by atoms with Gasteiger partial charge in [-0.1, -0.05) is 48.5 Å². The number of nitrogens with one attached hydrogen (secondary N) is 1. The molecule has 0 spiro atoms. The van der Waals surface area contributed by atoms with Crippen LogP contribution in [0.15, 0.2) is 65.7 Å². The van der Waals surface area contributed by atoms with Gasteiger partial charge in [-0.15, -0.1) is 0 Å². The molecule has 0 saturated carbocycles. The first-order chi connectivity index (χ1) is 13.1. The minimum Gasteiger partial charge on any atom is -0.322 e. The van der Waals surface area contributed by atoms with E-state index in [0.717, 1.165) is 22.6 Å². The summed E-state index contributed by atoms with van der Waals surface area (Å²) in [6, 6.07) is 19.4. The van der Waals surface area contributed by atoms with Crippen molar-refractivity contribution in [3.05, 3.63) is 71.9 Å². The number of aryl methyl sites for hydroxylation is 2. The quantitative estimate of drug-likeness (QED) is 0.780.